The Morgan fingerprint density at radius 3 is 2.73 bits per heavy atom. The number of amides is 1. The van der Waals surface area contributed by atoms with E-state index in [1.165, 1.54) is 10.5 Å². The van der Waals surface area contributed by atoms with E-state index in [2.05, 4.69) is 18.9 Å². The maximum absolute atomic E-state index is 13.6. The second-order valence-corrected chi connectivity index (χ2v) is 9.84. The van der Waals surface area contributed by atoms with E-state index < -0.39 is 11.5 Å². The van der Waals surface area contributed by atoms with Gasteiger partial charge in [0.2, 0.25) is 0 Å². The highest BCUT2D eigenvalue weighted by molar-refractivity contribution is 7.18. The van der Waals surface area contributed by atoms with Gasteiger partial charge in [0.05, 0.1) is 15.8 Å². The minimum absolute atomic E-state index is 0.0383. The van der Waals surface area contributed by atoms with Crippen LogP contribution in [0.25, 0.3) is 0 Å². The Bertz CT molecular complexity index is 970. The summed E-state index contributed by atoms with van der Waals surface area (Å²) in [5.41, 5.74) is 1.56. The summed E-state index contributed by atoms with van der Waals surface area (Å²) in [6, 6.07) is 9.55. The van der Waals surface area contributed by atoms with Crippen molar-refractivity contribution in [3.05, 3.63) is 50.7 Å². The molecule has 2 atom stereocenters. The van der Waals surface area contributed by atoms with Gasteiger partial charge in [0.15, 0.2) is 5.54 Å². The van der Waals surface area contributed by atoms with Crippen LogP contribution in [0, 0.1) is 0 Å². The Hall–Kier alpha value is -1.93. The zero-order chi connectivity index (χ0) is 21.5. The molecule has 30 heavy (non-hydrogen) atoms. The Morgan fingerprint density at radius 1 is 1.30 bits per heavy atom. The fraction of sp³-hybridized carbons (Fsp3) is 0.455. The molecule has 0 unspecified atom stereocenters. The minimum Gasteiger partial charge on any atom is -0.479 e. The van der Waals surface area contributed by atoms with Crippen molar-refractivity contribution in [3.8, 4) is 0 Å². The number of halogens is 1. The number of likely N-dealkylation sites (N-methyl/N-ethyl adjacent to an activating group) is 1. The largest absolute Gasteiger partial charge is 0.479 e. The van der Waals surface area contributed by atoms with Crippen molar-refractivity contribution in [2.24, 2.45) is 0 Å². The third kappa shape index (κ3) is 3.75. The topological polar surface area (TPSA) is 70.1 Å². The van der Waals surface area contributed by atoms with Crippen LogP contribution < -0.4 is 4.90 Å². The minimum atomic E-state index is -1.44. The number of hydrogen-bond acceptors (Lipinski definition) is 5. The fourth-order valence-electron chi connectivity index (χ4n) is 4.27. The van der Waals surface area contributed by atoms with Gasteiger partial charge in [0.25, 0.3) is 5.91 Å². The average molecular weight is 449 g/mol. The number of fused-ring (bicyclic) bond motifs is 1. The molecule has 1 N–H and O–H groups in total. The maximum Gasteiger partial charge on any atom is 0.332 e. The predicted octanol–water partition coefficient (Wildman–Crippen LogP) is 3.71. The number of anilines is 1. The van der Waals surface area contributed by atoms with E-state index in [0.29, 0.717) is 27.5 Å². The summed E-state index contributed by atoms with van der Waals surface area (Å²) in [7, 11) is 2.11. The third-order valence-electron chi connectivity index (χ3n) is 6.26. The lowest BCUT2D eigenvalue weighted by Crippen LogP contribution is -2.58. The molecule has 1 fully saturated rings. The Morgan fingerprint density at radius 2 is 2.10 bits per heavy atom. The molecule has 8 heteroatoms. The van der Waals surface area contributed by atoms with Gasteiger partial charge in [0.1, 0.15) is 0 Å². The zero-order valence-corrected chi connectivity index (χ0v) is 18.6. The van der Waals surface area contributed by atoms with E-state index in [0.717, 1.165) is 36.3 Å². The van der Waals surface area contributed by atoms with Gasteiger partial charge in [-0.05, 0) is 62.2 Å². The molecule has 0 bridgehead atoms. The van der Waals surface area contributed by atoms with E-state index in [1.807, 2.05) is 18.2 Å². The molecular weight excluding hydrogens is 424 g/mol. The predicted molar refractivity (Wildman–Crippen MR) is 118 cm³/mol. The van der Waals surface area contributed by atoms with Crippen molar-refractivity contribution in [1.29, 1.82) is 0 Å². The average Bonchev–Trinajstić information content (AvgIpc) is 3.34. The summed E-state index contributed by atoms with van der Waals surface area (Å²) in [5.74, 6) is -1.42. The number of carboxylic acids is 1. The van der Waals surface area contributed by atoms with E-state index in [9.17, 15) is 14.7 Å². The van der Waals surface area contributed by atoms with Crippen LogP contribution in [-0.4, -0.2) is 60.3 Å². The molecule has 0 spiro atoms. The van der Waals surface area contributed by atoms with Crippen molar-refractivity contribution in [3.63, 3.8) is 0 Å². The quantitative estimate of drug-likeness (QED) is 0.772. The molecule has 0 radical (unpaired) electrons. The molecule has 2 aliphatic rings. The molecule has 6 nitrogen and oxygen atoms in total. The van der Waals surface area contributed by atoms with Crippen LogP contribution in [0.15, 0.2) is 30.3 Å². The molecular formula is C22H25ClN2O4S. The van der Waals surface area contributed by atoms with Crippen LogP contribution in [0.3, 0.4) is 0 Å². The first kappa shape index (κ1) is 21.3. The number of thiophene rings is 1. The first-order valence-corrected chi connectivity index (χ1v) is 11.2. The van der Waals surface area contributed by atoms with Crippen LogP contribution in [0.1, 0.15) is 34.1 Å². The number of carboxylic acid groups (broad SMARTS) is 1. The zero-order valence-electron chi connectivity index (χ0n) is 17.1. The molecule has 2 aliphatic heterocycles. The Balaban J connectivity index is 1.82. The van der Waals surface area contributed by atoms with Crippen LogP contribution in [-0.2, 0) is 22.4 Å². The Labute approximate surface area is 185 Å². The summed E-state index contributed by atoms with van der Waals surface area (Å²) >= 11 is 7.21. The van der Waals surface area contributed by atoms with Gasteiger partial charge in [0, 0.05) is 31.3 Å². The molecule has 2 aromatic rings. The molecule has 1 saturated heterocycles. The number of ether oxygens (including phenoxy) is 1. The molecule has 160 valence electrons. The number of benzene rings is 1. The maximum atomic E-state index is 13.6. The lowest BCUT2D eigenvalue weighted by Gasteiger charge is -2.37. The van der Waals surface area contributed by atoms with Gasteiger partial charge in [-0.15, -0.1) is 11.3 Å². The first-order valence-electron chi connectivity index (χ1n) is 10.0. The number of rotatable bonds is 4. The molecule has 1 amide bonds. The molecule has 1 aromatic heterocycles. The van der Waals surface area contributed by atoms with E-state index in [1.54, 1.807) is 12.1 Å². The van der Waals surface area contributed by atoms with Crippen molar-refractivity contribution in [2.45, 2.75) is 37.8 Å². The smallest absolute Gasteiger partial charge is 0.332 e. The lowest BCUT2D eigenvalue weighted by atomic mass is 9.93. The highest BCUT2D eigenvalue weighted by atomic mass is 35.5. The number of hydrogen-bond donors (Lipinski definition) is 1. The fourth-order valence-corrected chi connectivity index (χ4v) is 5.24. The van der Waals surface area contributed by atoms with Crippen molar-refractivity contribution in [2.75, 3.05) is 31.7 Å². The van der Waals surface area contributed by atoms with Gasteiger partial charge in [-0.2, -0.15) is 0 Å². The standard InChI is InChI=1S/C22H25ClN2O4S/c1-14-11-16-12-17(4-3-15(16)7-9-24(14)2)25(20(26)18-5-6-19(23)30-18)22(21(27)28)8-10-29-13-22/h3-6,12,14H,7-11,13H2,1-2H3,(H,27,28)/t14-,22+/m1/s1. The normalized spacial score (nSPS) is 24.3. The molecule has 4 rings (SSSR count). The van der Waals surface area contributed by atoms with E-state index in [4.69, 9.17) is 16.3 Å². The van der Waals surface area contributed by atoms with Crippen LogP contribution in [0.4, 0.5) is 5.69 Å². The number of aliphatic carboxylic acids is 1. The summed E-state index contributed by atoms with van der Waals surface area (Å²) in [6.45, 7) is 3.41. The molecule has 1 aromatic carbocycles. The molecule has 3 heterocycles. The number of carbonyl (C=O) groups is 2. The summed E-state index contributed by atoms with van der Waals surface area (Å²) in [6.07, 6.45) is 2.02. The van der Waals surface area contributed by atoms with Crippen LogP contribution in [0.5, 0.6) is 0 Å². The third-order valence-corrected chi connectivity index (χ3v) is 7.48. The van der Waals surface area contributed by atoms with Gasteiger partial charge < -0.3 is 14.7 Å². The van der Waals surface area contributed by atoms with Crippen molar-refractivity contribution in [1.82, 2.24) is 4.90 Å². The van der Waals surface area contributed by atoms with Gasteiger partial charge in [-0.25, -0.2) is 4.79 Å². The summed E-state index contributed by atoms with van der Waals surface area (Å²) in [5, 5.41) is 10.2. The van der Waals surface area contributed by atoms with Crippen molar-refractivity contribution >= 4 is 40.5 Å². The number of nitrogens with zero attached hydrogens (tertiary/aromatic N) is 2. The van der Waals surface area contributed by atoms with Gasteiger partial charge in [-0.3, -0.25) is 9.69 Å². The molecule has 0 saturated carbocycles. The van der Waals surface area contributed by atoms with Crippen LogP contribution in [0.2, 0.25) is 4.34 Å². The van der Waals surface area contributed by atoms with Gasteiger partial charge in [-0.1, -0.05) is 17.7 Å². The second kappa shape index (κ2) is 8.30. The SMILES string of the molecule is C[C@@H]1Cc2cc(N(C(=O)c3ccc(Cl)s3)[C@@]3(C(=O)O)CCOC3)ccc2CCN1C. The highest BCUT2D eigenvalue weighted by Gasteiger charge is 2.51. The first-order chi connectivity index (χ1) is 14.3. The molecule has 0 aliphatic carbocycles. The second-order valence-electron chi connectivity index (χ2n) is 8.12. The van der Waals surface area contributed by atoms with E-state index >= 15 is 0 Å². The highest BCUT2D eigenvalue weighted by Crippen LogP contribution is 2.36. The lowest BCUT2D eigenvalue weighted by molar-refractivity contribution is -0.143. The van der Waals surface area contributed by atoms with E-state index in [-0.39, 0.29) is 18.9 Å². The number of carbonyl (C=O) groups excluding carboxylic acids is 1. The van der Waals surface area contributed by atoms with Gasteiger partial charge >= 0.3 is 5.97 Å². The summed E-state index contributed by atoms with van der Waals surface area (Å²) < 4.78 is 5.97. The van der Waals surface area contributed by atoms with Crippen molar-refractivity contribution < 1.29 is 19.4 Å². The summed E-state index contributed by atoms with van der Waals surface area (Å²) in [4.78, 5) is 30.1. The van der Waals surface area contributed by atoms with Crippen LogP contribution >= 0.6 is 22.9 Å². The Kier molecular flexibility index (Phi) is 5.90. The monoisotopic (exact) mass is 448 g/mol.